The van der Waals surface area contributed by atoms with Crippen molar-refractivity contribution in [3.05, 3.63) is 59.4 Å². The highest BCUT2D eigenvalue weighted by atomic mass is 16.5. The zero-order valence-corrected chi connectivity index (χ0v) is 20.8. The van der Waals surface area contributed by atoms with Gasteiger partial charge in [0.25, 0.3) is 5.91 Å². The van der Waals surface area contributed by atoms with Crippen LogP contribution in [0.1, 0.15) is 21.6 Å². The number of nitrogens with two attached hydrogens (primary N) is 2. The zero-order chi connectivity index (χ0) is 25.6. The summed E-state index contributed by atoms with van der Waals surface area (Å²) in [4.78, 5) is 17.8. The maximum atomic E-state index is 13.1. The summed E-state index contributed by atoms with van der Waals surface area (Å²) in [6.07, 6.45) is 1.57. The summed E-state index contributed by atoms with van der Waals surface area (Å²) < 4.78 is 10.8. The molecule has 0 bridgehead atoms. The molecular weight excluding hydrogens is 472 g/mol. The van der Waals surface area contributed by atoms with Gasteiger partial charge in [-0.05, 0) is 35.4 Å². The fourth-order valence-electron chi connectivity index (χ4n) is 4.55. The molecule has 7 N–H and O–H groups in total. The molecule has 11 nitrogen and oxygen atoms in total. The number of nitrogens with one attached hydrogen (secondary N) is 3. The van der Waals surface area contributed by atoms with Crippen molar-refractivity contribution in [2.45, 2.75) is 13.1 Å². The largest absolute Gasteiger partial charge is 0.397 e. The minimum Gasteiger partial charge on any atom is -0.397 e. The van der Waals surface area contributed by atoms with Crippen molar-refractivity contribution >= 4 is 34.3 Å². The van der Waals surface area contributed by atoms with Crippen molar-refractivity contribution in [3.8, 4) is 0 Å². The van der Waals surface area contributed by atoms with Gasteiger partial charge in [-0.3, -0.25) is 19.7 Å². The van der Waals surface area contributed by atoms with Crippen molar-refractivity contribution in [1.82, 2.24) is 20.0 Å². The number of H-pyrrole nitrogens is 1. The van der Waals surface area contributed by atoms with E-state index in [9.17, 15) is 4.79 Å². The lowest BCUT2D eigenvalue weighted by molar-refractivity contribution is 0.0341. The molecule has 0 unspecified atom stereocenters. The van der Waals surface area contributed by atoms with Crippen LogP contribution in [0.5, 0.6) is 0 Å². The van der Waals surface area contributed by atoms with Gasteiger partial charge >= 0.3 is 0 Å². The highest BCUT2D eigenvalue weighted by Crippen LogP contribution is 2.28. The number of benzene rings is 2. The maximum absolute atomic E-state index is 13.1. The fourth-order valence-corrected chi connectivity index (χ4v) is 4.55. The van der Waals surface area contributed by atoms with E-state index in [1.165, 1.54) is 0 Å². The van der Waals surface area contributed by atoms with E-state index >= 15 is 0 Å². The Labute approximate surface area is 216 Å². The highest BCUT2D eigenvalue weighted by molar-refractivity contribution is 6.08. The Balaban J connectivity index is 1.24. The Hall–Kier alpha value is -3.64. The molecule has 2 saturated heterocycles. The quantitative estimate of drug-likeness (QED) is 0.290. The van der Waals surface area contributed by atoms with Crippen LogP contribution in [0.15, 0.2) is 42.6 Å². The molecule has 11 heteroatoms. The van der Waals surface area contributed by atoms with Gasteiger partial charge in [0.2, 0.25) is 0 Å². The smallest absolute Gasteiger partial charge is 0.275 e. The number of aromatic nitrogens is 2. The normalized spacial score (nSPS) is 17.0. The molecule has 2 aliphatic heterocycles. The number of nitrogen functional groups attached to an aromatic ring is 2. The van der Waals surface area contributed by atoms with Crippen LogP contribution in [0, 0.1) is 0 Å². The first kappa shape index (κ1) is 25.0. The molecule has 0 atom stereocenters. The first-order valence-corrected chi connectivity index (χ1v) is 12.5. The topological polar surface area (TPSA) is 147 Å². The molecule has 2 fully saturated rings. The third kappa shape index (κ3) is 6.38. The second kappa shape index (κ2) is 11.6. The van der Waals surface area contributed by atoms with Gasteiger partial charge in [-0.1, -0.05) is 12.1 Å². The Morgan fingerprint density at radius 1 is 0.838 bits per heavy atom. The minimum absolute atomic E-state index is 0.287. The first-order valence-electron chi connectivity index (χ1n) is 12.5. The molecule has 37 heavy (non-hydrogen) atoms. The average molecular weight is 507 g/mol. The van der Waals surface area contributed by atoms with Gasteiger partial charge in [0.1, 0.15) is 5.69 Å². The van der Waals surface area contributed by atoms with E-state index in [4.69, 9.17) is 20.9 Å². The number of carbonyl (C=O) groups excluding carboxylic acids is 1. The summed E-state index contributed by atoms with van der Waals surface area (Å²) in [6, 6.07) is 11.6. The van der Waals surface area contributed by atoms with Gasteiger partial charge in [0.05, 0.1) is 61.1 Å². The SMILES string of the molecule is Nc1cc(CN2CCOCC2)ccc1NC(=O)c1[nH]ncc1Nc1cc(CN2CCOCC2)ccc1N. The monoisotopic (exact) mass is 506 g/mol. The molecule has 5 rings (SSSR count). The van der Waals surface area contributed by atoms with E-state index in [2.05, 4.69) is 30.6 Å². The average Bonchev–Trinajstić information content (AvgIpc) is 3.37. The second-order valence-electron chi connectivity index (χ2n) is 9.36. The first-order chi connectivity index (χ1) is 18.0. The van der Waals surface area contributed by atoms with Crippen LogP contribution in [0.25, 0.3) is 0 Å². The van der Waals surface area contributed by atoms with E-state index in [1.807, 2.05) is 36.4 Å². The molecule has 196 valence electrons. The summed E-state index contributed by atoms with van der Waals surface area (Å²) in [5.74, 6) is -0.351. The molecule has 0 spiro atoms. The Morgan fingerprint density at radius 3 is 2.11 bits per heavy atom. The van der Waals surface area contributed by atoms with E-state index in [0.29, 0.717) is 28.4 Å². The number of amides is 1. The van der Waals surface area contributed by atoms with Crippen LogP contribution in [0.3, 0.4) is 0 Å². The van der Waals surface area contributed by atoms with Crippen molar-refractivity contribution < 1.29 is 14.3 Å². The summed E-state index contributed by atoms with van der Waals surface area (Å²) in [7, 11) is 0. The Bertz CT molecular complexity index is 1220. The molecule has 3 heterocycles. The molecule has 2 aromatic carbocycles. The third-order valence-electron chi connectivity index (χ3n) is 6.64. The number of carbonyl (C=O) groups is 1. The van der Waals surface area contributed by atoms with Crippen LogP contribution in [0.4, 0.5) is 28.4 Å². The number of nitrogens with zero attached hydrogens (tertiary/aromatic N) is 3. The minimum atomic E-state index is -0.351. The van der Waals surface area contributed by atoms with Crippen LogP contribution >= 0.6 is 0 Å². The van der Waals surface area contributed by atoms with Crippen LogP contribution in [0.2, 0.25) is 0 Å². The number of hydrogen-bond acceptors (Lipinski definition) is 9. The number of rotatable bonds is 8. The van der Waals surface area contributed by atoms with Gasteiger partial charge in [0.15, 0.2) is 0 Å². The third-order valence-corrected chi connectivity index (χ3v) is 6.64. The predicted octanol–water partition coefficient (Wildman–Crippen LogP) is 2.23. The van der Waals surface area contributed by atoms with Crippen LogP contribution in [-0.2, 0) is 22.6 Å². The molecule has 0 saturated carbocycles. The summed E-state index contributed by atoms with van der Waals surface area (Å²) in [5, 5.41) is 13.0. The summed E-state index contributed by atoms with van der Waals surface area (Å²) in [5.41, 5.74) is 17.9. The fraction of sp³-hybridized carbons (Fsp3) is 0.385. The molecular formula is C26H34N8O3. The van der Waals surface area contributed by atoms with Gasteiger partial charge in [0, 0.05) is 39.3 Å². The van der Waals surface area contributed by atoms with Crippen LogP contribution in [-0.4, -0.2) is 78.5 Å². The van der Waals surface area contributed by atoms with Crippen LogP contribution < -0.4 is 22.1 Å². The lowest BCUT2D eigenvalue weighted by Crippen LogP contribution is -2.35. The van der Waals surface area contributed by atoms with Gasteiger partial charge in [-0.2, -0.15) is 5.10 Å². The zero-order valence-electron chi connectivity index (χ0n) is 20.8. The Morgan fingerprint density at radius 2 is 1.46 bits per heavy atom. The number of aromatic amines is 1. The van der Waals surface area contributed by atoms with Crippen molar-refractivity contribution in [2.75, 3.05) is 74.7 Å². The van der Waals surface area contributed by atoms with E-state index in [-0.39, 0.29) is 11.6 Å². The van der Waals surface area contributed by atoms with Crippen molar-refractivity contribution in [2.24, 2.45) is 0 Å². The number of anilines is 5. The molecule has 0 radical (unpaired) electrons. The maximum Gasteiger partial charge on any atom is 0.275 e. The molecule has 3 aromatic rings. The molecule has 1 aromatic heterocycles. The molecule has 1 amide bonds. The van der Waals surface area contributed by atoms with Gasteiger partial charge in [-0.15, -0.1) is 0 Å². The summed E-state index contributed by atoms with van der Waals surface area (Å²) in [6.45, 7) is 8.17. The second-order valence-corrected chi connectivity index (χ2v) is 9.36. The number of hydrogen-bond donors (Lipinski definition) is 5. The Kier molecular flexibility index (Phi) is 7.85. The summed E-state index contributed by atoms with van der Waals surface area (Å²) >= 11 is 0. The van der Waals surface area contributed by atoms with E-state index in [1.54, 1.807) is 6.20 Å². The number of ether oxygens (including phenoxy) is 2. The van der Waals surface area contributed by atoms with Gasteiger partial charge in [-0.25, -0.2) is 0 Å². The van der Waals surface area contributed by atoms with Crippen molar-refractivity contribution in [1.29, 1.82) is 0 Å². The lowest BCUT2D eigenvalue weighted by atomic mass is 10.1. The van der Waals surface area contributed by atoms with E-state index < -0.39 is 0 Å². The molecule has 2 aliphatic rings. The standard InChI is InChI=1S/C26H34N8O3/c27-20-3-1-19(17-34-7-11-37-12-8-34)14-23(20)30-24-15-29-32-25(24)26(35)31-22-4-2-18(13-21(22)28)16-33-5-9-36-10-6-33/h1-4,13-15,30H,5-12,16-17,27-28H2,(H,29,32)(H,31,35). The lowest BCUT2D eigenvalue weighted by Gasteiger charge is -2.26. The highest BCUT2D eigenvalue weighted by Gasteiger charge is 2.18. The van der Waals surface area contributed by atoms with Gasteiger partial charge < -0.3 is 31.6 Å². The molecule has 0 aliphatic carbocycles. The predicted molar refractivity (Wildman–Crippen MR) is 144 cm³/mol. The number of morpholine rings is 2. The van der Waals surface area contributed by atoms with Crippen molar-refractivity contribution in [3.63, 3.8) is 0 Å². The van der Waals surface area contributed by atoms with E-state index in [0.717, 1.165) is 76.8 Å².